The Morgan fingerprint density at radius 3 is 2.00 bits per heavy atom. The molecule has 1 amide bonds. The van der Waals surface area contributed by atoms with Crippen molar-refractivity contribution in [3.8, 4) is 0 Å². The number of H-pyrrole nitrogens is 2. The lowest BCUT2D eigenvalue weighted by molar-refractivity contribution is -0.745. The van der Waals surface area contributed by atoms with Crippen LogP contribution in [-0.2, 0) is 75.8 Å². The molecule has 0 radical (unpaired) electrons. The van der Waals surface area contributed by atoms with Crippen LogP contribution in [0.4, 0.5) is 17.7 Å². The van der Waals surface area contributed by atoms with Crippen LogP contribution in [0.2, 0.25) is 0 Å². The number of amides is 1. The first-order valence-corrected chi connectivity index (χ1v) is 29.4. The van der Waals surface area contributed by atoms with Crippen molar-refractivity contribution >= 4 is 88.4 Å². The zero-order chi connectivity index (χ0) is 58.8. The van der Waals surface area contributed by atoms with E-state index in [4.69, 9.17) is 48.5 Å². The minimum absolute atomic E-state index is 0.00667. The maximum Gasteiger partial charge on any atom is 0.490 e. The van der Waals surface area contributed by atoms with Crippen LogP contribution in [0.15, 0.2) is 34.9 Å². The molecule has 0 saturated carbocycles. The second-order valence-electron chi connectivity index (χ2n) is 18.3. The monoisotopic (exact) mass is 1230 g/mol. The lowest BCUT2D eigenvalue weighted by Crippen LogP contribution is -2.45. The van der Waals surface area contributed by atoms with E-state index in [0.29, 0.717) is 0 Å². The zero-order valence-corrected chi connectivity index (χ0v) is 46.1. The Morgan fingerprint density at radius 2 is 1.35 bits per heavy atom. The number of fused-ring (bicyclic) bond motifs is 3. The van der Waals surface area contributed by atoms with Crippen LogP contribution >= 0.6 is 31.3 Å². The molecule has 14 N–H and O–H groups in total. The fourth-order valence-corrected chi connectivity index (χ4v) is 13.7. The number of rotatable bonds is 22. The van der Waals surface area contributed by atoms with Gasteiger partial charge in [0.25, 0.3) is 17.1 Å². The van der Waals surface area contributed by atoms with Crippen molar-refractivity contribution in [2.75, 3.05) is 64.9 Å². The zero-order valence-electron chi connectivity index (χ0n) is 42.5. The van der Waals surface area contributed by atoms with Gasteiger partial charge in [0.15, 0.2) is 41.4 Å². The molecule has 9 heterocycles. The third kappa shape index (κ3) is 12.4. The average molecular weight is 1230 g/mol. The first-order valence-electron chi connectivity index (χ1n) is 23.4. The van der Waals surface area contributed by atoms with E-state index in [1.165, 1.54) is 52.4 Å². The Morgan fingerprint density at radius 1 is 0.753 bits per heavy atom. The number of hydrogen-bond acceptors (Lipinski definition) is 29. The van der Waals surface area contributed by atoms with Gasteiger partial charge < -0.3 is 75.5 Å². The normalized spacial score (nSPS) is 29.0. The molecule has 40 nitrogen and oxygen atoms in total. The van der Waals surface area contributed by atoms with E-state index in [1.54, 1.807) is 7.05 Å². The van der Waals surface area contributed by atoms with E-state index >= 15 is 0 Å². The lowest BCUT2D eigenvalue weighted by atomic mass is 9.94. The Kier molecular flexibility index (Phi) is 16.9. The van der Waals surface area contributed by atoms with Crippen LogP contribution in [-0.4, -0.2) is 196 Å². The summed E-state index contributed by atoms with van der Waals surface area (Å²) in [5.74, 6) is -2.16. The summed E-state index contributed by atoms with van der Waals surface area (Å²) in [6, 6.07) is 0. The lowest BCUT2D eigenvalue weighted by Gasteiger charge is -2.26. The average Bonchev–Trinajstić information content (AvgIpc) is 4.37. The van der Waals surface area contributed by atoms with Crippen LogP contribution in [0, 0.1) is 5.92 Å². The van der Waals surface area contributed by atoms with Gasteiger partial charge in [0.1, 0.15) is 54.6 Å². The predicted octanol–water partition coefficient (Wildman–Crippen LogP) is -3.52. The molecule has 444 valence electrons. The fraction of sp³-hybridized carbons (Fsp3) is 0.568. The molecule has 4 unspecified atom stereocenters. The molecule has 3 saturated heterocycles. The number of nitrogens with zero attached hydrogens (tertiary/aromatic N) is 11. The maximum absolute atomic E-state index is 13.8. The minimum Gasteiger partial charge on any atom is -0.387 e. The standard InChI is InChI=1S/C37H52N16O24P4/c1-40-27-19-28(42-10-41-27)51(11-43-19)35-26(68-5)25(75-78(60,61)69-8-16-23(56)24(57)34(73-16)52-12-44-20-29(52)45-36(38)47-31(20)58)17(74-35)9-71-80(64,65)77-81(66,67)76-79(62,63)70-7-15-14(6-18(54)49(2)3)22(55)33(72-15)53-13-50(4)21-30(53)46-37(39)48-32(21)59/h10-17,22-26,33-35,55-57H,6-9H2,1-5H3,(H10-,38,39,40,41,42,45,46,47,48,58,59,60,61,62,63,64,65,66,67)/p+1/t14-,15-,16-,17-,22-,23-,24-,25-,26-,33-,34-,35-/m1/s1. The maximum atomic E-state index is 13.8. The Bertz CT molecular complexity index is 3670. The van der Waals surface area contributed by atoms with E-state index in [0.717, 1.165) is 24.3 Å². The van der Waals surface area contributed by atoms with E-state index < -0.39 is 148 Å². The van der Waals surface area contributed by atoms with E-state index in [9.17, 15) is 67.5 Å². The smallest absolute Gasteiger partial charge is 0.387 e. The van der Waals surface area contributed by atoms with Crippen molar-refractivity contribution in [2.45, 2.75) is 73.9 Å². The summed E-state index contributed by atoms with van der Waals surface area (Å²) in [5.41, 5.74) is 9.89. The number of methoxy groups -OCH3 is 1. The number of carbonyl (C=O) groups is 1. The minimum atomic E-state index is -6.24. The van der Waals surface area contributed by atoms with E-state index in [2.05, 4.69) is 53.8 Å². The number of carbonyl (C=O) groups excluding carboxylic acids is 1. The third-order valence-corrected chi connectivity index (χ3v) is 18.1. The molecule has 3 aliphatic rings. The third-order valence-electron chi connectivity index (χ3n) is 12.9. The van der Waals surface area contributed by atoms with Gasteiger partial charge in [0.2, 0.25) is 23.6 Å². The van der Waals surface area contributed by atoms with Gasteiger partial charge in [-0.25, -0.2) is 42.8 Å². The molecule has 6 aromatic rings. The molecular weight excluding hydrogens is 1180 g/mol. The molecule has 0 aliphatic carbocycles. The van der Waals surface area contributed by atoms with Gasteiger partial charge in [-0.1, -0.05) is 4.98 Å². The molecule has 3 fully saturated rings. The largest absolute Gasteiger partial charge is 0.490 e. The van der Waals surface area contributed by atoms with Crippen molar-refractivity contribution in [1.29, 1.82) is 0 Å². The fourth-order valence-electron chi connectivity index (χ4n) is 9.18. The van der Waals surface area contributed by atoms with Crippen LogP contribution < -0.4 is 32.5 Å². The van der Waals surface area contributed by atoms with Crippen LogP contribution in [0.25, 0.3) is 33.5 Å². The summed E-state index contributed by atoms with van der Waals surface area (Å²) >= 11 is 0. The number of ether oxygens (including phenoxy) is 4. The van der Waals surface area contributed by atoms with Gasteiger partial charge in [0, 0.05) is 40.6 Å². The summed E-state index contributed by atoms with van der Waals surface area (Å²) in [4.78, 5) is 111. The van der Waals surface area contributed by atoms with Crippen molar-refractivity contribution in [2.24, 2.45) is 13.0 Å². The van der Waals surface area contributed by atoms with Crippen molar-refractivity contribution in [3.05, 3.63) is 46.0 Å². The molecule has 16 atom stereocenters. The summed E-state index contributed by atoms with van der Waals surface area (Å²) in [6.45, 7) is -3.30. The molecule has 44 heteroatoms. The summed E-state index contributed by atoms with van der Waals surface area (Å²) < 4.78 is 111. The number of aliphatic hydroxyl groups is 3. The van der Waals surface area contributed by atoms with E-state index in [-0.39, 0.29) is 51.2 Å². The highest BCUT2D eigenvalue weighted by Crippen LogP contribution is 2.68. The van der Waals surface area contributed by atoms with Crippen molar-refractivity contribution in [3.63, 3.8) is 0 Å². The number of anilines is 3. The Hall–Kier alpha value is -5.64. The first kappa shape index (κ1) is 60.0. The topological polar surface area (TPSA) is 548 Å². The quantitative estimate of drug-likeness (QED) is 0.0232. The molecular formula is C37H53N16O24P4+. The number of phosphoric acid groups is 4. The van der Waals surface area contributed by atoms with Crippen molar-refractivity contribution in [1.82, 2.24) is 58.5 Å². The molecule has 0 bridgehead atoms. The van der Waals surface area contributed by atoms with Gasteiger partial charge in [-0.15, -0.1) is 0 Å². The first-order chi connectivity index (χ1) is 38.0. The molecule has 0 aromatic carbocycles. The molecule has 6 aromatic heterocycles. The second kappa shape index (κ2) is 22.8. The van der Waals surface area contributed by atoms with Crippen molar-refractivity contribution < 1.29 is 108 Å². The van der Waals surface area contributed by atoms with Crippen LogP contribution in [0.1, 0.15) is 25.1 Å². The highest BCUT2D eigenvalue weighted by Gasteiger charge is 2.54. The Labute approximate surface area is 451 Å². The number of nitrogen functional groups attached to an aromatic ring is 2. The van der Waals surface area contributed by atoms with Gasteiger partial charge in [-0.2, -0.15) is 13.6 Å². The number of hydrogen-bond donors (Lipinski definition) is 12. The molecule has 9 rings (SSSR count). The van der Waals surface area contributed by atoms with Gasteiger partial charge in [-0.05, 0) is 0 Å². The van der Waals surface area contributed by atoms with Gasteiger partial charge in [0.05, 0.1) is 45.6 Å². The highest BCUT2D eigenvalue weighted by molar-refractivity contribution is 7.66. The molecule has 0 spiro atoms. The number of nitrogens with one attached hydrogen (secondary N) is 3. The number of phosphoric ester groups is 3. The second-order valence-corrected chi connectivity index (χ2v) is 24.4. The number of aryl methyl sites for hydroxylation is 1. The highest BCUT2D eigenvalue weighted by atomic mass is 31.3. The molecule has 3 aliphatic heterocycles. The number of aromatic nitrogens is 12. The summed E-state index contributed by atoms with van der Waals surface area (Å²) in [7, 11) is -16.6. The summed E-state index contributed by atoms with van der Waals surface area (Å²) in [6.07, 6.45) is -13.7. The number of imidazole rings is 3. The number of nitrogens with two attached hydrogens (primary N) is 2. The predicted molar refractivity (Wildman–Crippen MR) is 265 cm³/mol. The SMILES string of the molecule is CNc1ncnc2c1ncn2[C@@H]1O[C@H](COP(=O)(O)OP(=O)(O)OP(=O)(O)OC[C@H]2O[C@@H]([n+]3cn(C)c4c(=O)[nH]c(N)nc43)[C@H](O)[C@@H]2CC(=O)N(C)C)[C@@H](OP(=O)(O)OC[C@H]2O[C@@H](n3cnc4c(=O)[nH]c(N)nc43)[C@H](O)[C@@H]2O)[C@H]1OC. The van der Waals surface area contributed by atoms with Gasteiger partial charge in [-0.3, -0.25) is 56.1 Å². The Balaban J connectivity index is 0.885. The van der Waals surface area contributed by atoms with Crippen LogP contribution in [0.3, 0.4) is 0 Å². The van der Waals surface area contributed by atoms with Gasteiger partial charge >= 0.3 is 36.9 Å². The number of aliphatic hydroxyl groups excluding tert-OH is 3. The number of aromatic amines is 2. The van der Waals surface area contributed by atoms with E-state index in [1.807, 2.05) is 0 Å². The van der Waals surface area contributed by atoms with Crippen LogP contribution in [0.5, 0.6) is 0 Å². The summed E-state index contributed by atoms with van der Waals surface area (Å²) in [5, 5.41) is 36.1. The molecule has 81 heavy (non-hydrogen) atoms.